The van der Waals surface area contributed by atoms with Gasteiger partial charge in [0.1, 0.15) is 0 Å². The van der Waals surface area contributed by atoms with Gasteiger partial charge in [-0.1, -0.05) is 15.9 Å². The summed E-state index contributed by atoms with van der Waals surface area (Å²) in [5, 5.41) is 13.9. The summed E-state index contributed by atoms with van der Waals surface area (Å²) in [5.41, 5.74) is 0.455. The first-order chi connectivity index (χ1) is 9.21. The minimum absolute atomic E-state index is 0.0234. The highest BCUT2D eigenvalue weighted by Gasteiger charge is 2.37. The lowest BCUT2D eigenvalue weighted by Gasteiger charge is -2.24. The fourth-order valence-electron chi connectivity index (χ4n) is 2.25. The van der Waals surface area contributed by atoms with E-state index in [9.17, 15) is 18.5 Å². The fraction of sp³-hybridized carbons (Fsp3) is 0.500. The molecule has 0 radical (unpaired) electrons. The van der Waals surface area contributed by atoms with Crippen LogP contribution in [0.5, 0.6) is 0 Å². The van der Waals surface area contributed by atoms with Crippen LogP contribution in [0, 0.1) is 10.1 Å². The molecule has 0 bridgehead atoms. The van der Waals surface area contributed by atoms with Crippen LogP contribution in [-0.4, -0.2) is 30.4 Å². The van der Waals surface area contributed by atoms with E-state index >= 15 is 0 Å². The molecule has 1 fully saturated rings. The molecule has 6 nitrogen and oxygen atoms in total. The number of nitro groups is 1. The smallest absolute Gasteiger partial charge is 0.270 e. The van der Waals surface area contributed by atoms with Crippen molar-refractivity contribution >= 4 is 31.5 Å². The largest absolute Gasteiger partial charge is 0.306 e. The molecule has 1 atom stereocenters. The van der Waals surface area contributed by atoms with E-state index in [0.29, 0.717) is 17.4 Å². The molecule has 8 heteroatoms. The molecule has 1 aromatic carbocycles. The van der Waals surface area contributed by atoms with Crippen molar-refractivity contribution in [1.82, 2.24) is 5.32 Å². The average Bonchev–Trinajstić information content (AvgIpc) is 2.62. The molecular formula is C12H15BrN2O4S. The monoisotopic (exact) mass is 362 g/mol. The average molecular weight is 363 g/mol. The SMILES string of the molecule is CC1(NCc2ccc([N+](=O)[O-])cc2Br)CCS(=O)(=O)C1. The van der Waals surface area contributed by atoms with Gasteiger partial charge in [0.2, 0.25) is 0 Å². The van der Waals surface area contributed by atoms with E-state index in [1.54, 1.807) is 6.07 Å². The molecular weight excluding hydrogens is 348 g/mol. The zero-order chi connectivity index (χ0) is 15.0. The standard InChI is InChI=1S/C12H15BrN2O4S/c1-12(4-5-20(18,19)8-12)14-7-9-2-3-10(15(16)17)6-11(9)13/h2-3,6,14H,4-5,7-8H2,1H3. The number of halogens is 1. The Kier molecular flexibility index (Phi) is 4.17. The summed E-state index contributed by atoms with van der Waals surface area (Å²) in [5.74, 6) is 0.336. The van der Waals surface area contributed by atoms with Gasteiger partial charge >= 0.3 is 0 Å². The molecule has 1 aromatic rings. The number of hydrogen-bond donors (Lipinski definition) is 1. The van der Waals surface area contributed by atoms with E-state index < -0.39 is 20.3 Å². The molecule has 2 rings (SSSR count). The van der Waals surface area contributed by atoms with Gasteiger partial charge in [-0.25, -0.2) is 8.42 Å². The summed E-state index contributed by atoms with van der Waals surface area (Å²) in [7, 11) is -2.95. The number of non-ortho nitro benzene ring substituents is 1. The van der Waals surface area contributed by atoms with Crippen LogP contribution in [0.3, 0.4) is 0 Å². The minimum Gasteiger partial charge on any atom is -0.306 e. The number of sulfone groups is 1. The van der Waals surface area contributed by atoms with E-state index in [0.717, 1.165) is 5.56 Å². The van der Waals surface area contributed by atoms with Crippen molar-refractivity contribution in [3.8, 4) is 0 Å². The highest BCUT2D eigenvalue weighted by atomic mass is 79.9. The Morgan fingerprint density at radius 2 is 2.20 bits per heavy atom. The van der Waals surface area contributed by atoms with Gasteiger partial charge in [-0.3, -0.25) is 10.1 Å². The van der Waals surface area contributed by atoms with Crippen LogP contribution in [0.25, 0.3) is 0 Å². The number of hydrogen-bond acceptors (Lipinski definition) is 5. The Morgan fingerprint density at radius 1 is 1.50 bits per heavy atom. The zero-order valence-corrected chi connectivity index (χ0v) is 13.3. The van der Waals surface area contributed by atoms with E-state index in [4.69, 9.17) is 0 Å². The topological polar surface area (TPSA) is 89.3 Å². The predicted octanol–water partition coefficient (Wildman–Crippen LogP) is 2.02. The molecule has 1 heterocycles. The Hall–Kier alpha value is -0.990. The van der Waals surface area contributed by atoms with E-state index in [1.165, 1.54) is 12.1 Å². The number of benzene rings is 1. The number of nitrogens with one attached hydrogen (secondary N) is 1. The van der Waals surface area contributed by atoms with Gasteiger partial charge in [0.25, 0.3) is 5.69 Å². The number of nitro benzene ring substituents is 1. The van der Waals surface area contributed by atoms with Crippen molar-refractivity contribution in [2.75, 3.05) is 11.5 Å². The maximum atomic E-state index is 11.5. The molecule has 1 N–H and O–H groups in total. The Morgan fingerprint density at radius 3 is 2.70 bits per heavy atom. The molecule has 20 heavy (non-hydrogen) atoms. The Balaban J connectivity index is 2.07. The quantitative estimate of drug-likeness (QED) is 0.653. The van der Waals surface area contributed by atoms with E-state index in [1.807, 2.05) is 6.92 Å². The van der Waals surface area contributed by atoms with Gasteiger partial charge in [-0.05, 0) is 25.0 Å². The third kappa shape index (κ3) is 3.56. The summed E-state index contributed by atoms with van der Waals surface area (Å²) >= 11 is 3.30. The number of nitrogens with zero attached hydrogens (tertiary/aromatic N) is 1. The maximum absolute atomic E-state index is 11.5. The van der Waals surface area contributed by atoms with Crippen LogP contribution in [-0.2, 0) is 16.4 Å². The first kappa shape index (κ1) is 15.4. The van der Waals surface area contributed by atoms with E-state index in [-0.39, 0.29) is 17.2 Å². The molecule has 0 aromatic heterocycles. The van der Waals surface area contributed by atoms with E-state index in [2.05, 4.69) is 21.2 Å². The second-order valence-electron chi connectivity index (χ2n) is 5.29. The van der Waals surface area contributed by atoms with Crippen LogP contribution in [0.4, 0.5) is 5.69 Å². The molecule has 0 spiro atoms. The van der Waals surface area contributed by atoms with Crippen LogP contribution in [0.15, 0.2) is 22.7 Å². The van der Waals surface area contributed by atoms with Gasteiger partial charge in [0.05, 0.1) is 16.4 Å². The van der Waals surface area contributed by atoms with Crippen LogP contribution >= 0.6 is 15.9 Å². The molecule has 1 saturated heterocycles. The summed E-state index contributed by atoms with van der Waals surface area (Å²) in [6.07, 6.45) is 0.583. The minimum atomic E-state index is -2.95. The molecule has 0 aliphatic carbocycles. The third-order valence-electron chi connectivity index (χ3n) is 3.46. The van der Waals surface area contributed by atoms with Crippen molar-refractivity contribution in [2.45, 2.75) is 25.4 Å². The molecule has 1 aliphatic heterocycles. The lowest BCUT2D eigenvalue weighted by atomic mass is 10.0. The van der Waals surface area contributed by atoms with Crippen molar-refractivity contribution in [2.24, 2.45) is 0 Å². The normalized spacial score (nSPS) is 24.7. The molecule has 0 saturated carbocycles. The molecule has 0 amide bonds. The highest BCUT2D eigenvalue weighted by Crippen LogP contribution is 2.26. The maximum Gasteiger partial charge on any atom is 0.270 e. The Labute approximate surface area is 125 Å². The van der Waals surface area contributed by atoms with Crippen LogP contribution < -0.4 is 5.32 Å². The van der Waals surface area contributed by atoms with Gasteiger partial charge in [-0.15, -0.1) is 0 Å². The van der Waals surface area contributed by atoms with Crippen molar-refractivity contribution < 1.29 is 13.3 Å². The first-order valence-electron chi connectivity index (χ1n) is 6.09. The lowest BCUT2D eigenvalue weighted by molar-refractivity contribution is -0.384. The molecule has 1 aliphatic rings. The van der Waals surface area contributed by atoms with Crippen molar-refractivity contribution in [3.63, 3.8) is 0 Å². The van der Waals surface area contributed by atoms with Crippen LogP contribution in [0.2, 0.25) is 0 Å². The summed E-state index contributed by atoms with van der Waals surface area (Å²) < 4.78 is 23.7. The Bertz CT molecular complexity index is 647. The third-order valence-corrected chi connectivity index (χ3v) is 6.10. The van der Waals surface area contributed by atoms with Gasteiger partial charge in [-0.2, -0.15) is 0 Å². The predicted molar refractivity (Wildman–Crippen MR) is 79.3 cm³/mol. The van der Waals surface area contributed by atoms with Gasteiger partial charge < -0.3 is 5.32 Å². The molecule has 1 unspecified atom stereocenters. The summed E-state index contributed by atoms with van der Waals surface area (Å²) in [6.45, 7) is 2.35. The number of rotatable bonds is 4. The van der Waals surface area contributed by atoms with Crippen molar-refractivity contribution in [3.05, 3.63) is 38.3 Å². The molecule has 110 valence electrons. The van der Waals surface area contributed by atoms with Gasteiger partial charge in [0, 0.05) is 28.7 Å². The second kappa shape index (κ2) is 5.42. The zero-order valence-electron chi connectivity index (χ0n) is 10.9. The van der Waals surface area contributed by atoms with Crippen molar-refractivity contribution in [1.29, 1.82) is 0 Å². The highest BCUT2D eigenvalue weighted by molar-refractivity contribution is 9.10. The second-order valence-corrected chi connectivity index (χ2v) is 8.33. The van der Waals surface area contributed by atoms with Gasteiger partial charge in [0.15, 0.2) is 9.84 Å². The lowest BCUT2D eigenvalue weighted by Crippen LogP contribution is -2.42. The summed E-state index contributed by atoms with van der Waals surface area (Å²) in [6, 6.07) is 4.56. The fourth-order valence-corrected chi connectivity index (χ4v) is 4.88. The summed E-state index contributed by atoms with van der Waals surface area (Å²) in [4.78, 5) is 10.2. The first-order valence-corrected chi connectivity index (χ1v) is 8.71. The van der Waals surface area contributed by atoms with Crippen LogP contribution in [0.1, 0.15) is 18.9 Å².